The van der Waals surface area contributed by atoms with E-state index in [0.29, 0.717) is 49.7 Å². The van der Waals surface area contributed by atoms with Crippen LogP contribution in [-0.2, 0) is 26.1 Å². The summed E-state index contributed by atoms with van der Waals surface area (Å²) in [5.74, 6) is 0.0763. The first-order chi connectivity index (χ1) is 17.7. The van der Waals surface area contributed by atoms with Gasteiger partial charge in [0, 0.05) is 25.5 Å². The van der Waals surface area contributed by atoms with Crippen LogP contribution in [0.25, 0.3) is 0 Å². The van der Waals surface area contributed by atoms with E-state index in [9.17, 15) is 18.4 Å². The van der Waals surface area contributed by atoms with E-state index in [1.54, 1.807) is 42.1 Å². The summed E-state index contributed by atoms with van der Waals surface area (Å²) in [4.78, 5) is 17.4. The molecule has 37 heavy (non-hydrogen) atoms. The van der Waals surface area contributed by atoms with Crippen LogP contribution in [0.5, 0.6) is 5.75 Å². The van der Waals surface area contributed by atoms with Gasteiger partial charge in [0.25, 0.3) is 5.91 Å². The average Bonchev–Trinajstić information content (AvgIpc) is 2.91. The smallest absolute Gasteiger partial charge is 0.264 e. The van der Waals surface area contributed by atoms with E-state index >= 15 is 0 Å². The van der Waals surface area contributed by atoms with Crippen LogP contribution in [-0.4, -0.2) is 53.7 Å². The molecule has 1 fully saturated rings. The van der Waals surface area contributed by atoms with E-state index in [-0.39, 0.29) is 11.4 Å². The van der Waals surface area contributed by atoms with E-state index in [2.05, 4.69) is 4.98 Å². The number of nitrogens with one attached hydrogen (secondary N) is 1. The predicted octanol–water partition coefficient (Wildman–Crippen LogP) is 4.31. The first-order valence-electron chi connectivity index (χ1n) is 12.9. The first kappa shape index (κ1) is 29.0. The quantitative estimate of drug-likeness (QED) is 0.291. The highest BCUT2D eigenvalue weighted by Crippen LogP contribution is 2.39. The summed E-state index contributed by atoms with van der Waals surface area (Å²) in [7, 11) is -4.21. The van der Waals surface area contributed by atoms with Gasteiger partial charge in [-0.2, -0.15) is 4.31 Å². The van der Waals surface area contributed by atoms with Crippen molar-refractivity contribution in [1.82, 2.24) is 14.8 Å². The first-order valence-corrected chi connectivity index (χ1v) is 14.4. The highest BCUT2D eigenvalue weighted by Gasteiger charge is 2.51. The molecular formula is C27H39N3O6S. The van der Waals surface area contributed by atoms with Crippen LogP contribution in [0.15, 0.2) is 53.7 Å². The van der Waals surface area contributed by atoms with Crippen LogP contribution >= 0.6 is 0 Å². The Kier molecular flexibility index (Phi) is 10.5. The lowest BCUT2D eigenvalue weighted by Crippen LogP contribution is -2.62. The maximum atomic E-state index is 14.2. The zero-order valence-corrected chi connectivity index (χ0v) is 22.7. The fourth-order valence-corrected chi connectivity index (χ4v) is 6.37. The minimum absolute atomic E-state index is 0.0237. The maximum absolute atomic E-state index is 14.2. The molecule has 1 amide bonds. The number of benzene rings is 1. The van der Waals surface area contributed by atoms with Crippen molar-refractivity contribution in [3.63, 3.8) is 0 Å². The Morgan fingerprint density at radius 1 is 1.11 bits per heavy atom. The van der Waals surface area contributed by atoms with Crippen molar-refractivity contribution in [2.75, 3.05) is 13.2 Å². The molecule has 1 aliphatic carbocycles. The summed E-state index contributed by atoms with van der Waals surface area (Å²) in [5.41, 5.74) is 1.32. The minimum atomic E-state index is -4.21. The number of ether oxygens (including phenoxy) is 2. The number of pyridine rings is 1. The van der Waals surface area contributed by atoms with E-state index in [1.165, 1.54) is 16.4 Å². The fourth-order valence-electron chi connectivity index (χ4n) is 4.73. The summed E-state index contributed by atoms with van der Waals surface area (Å²) in [6.45, 7) is 6.82. The number of rotatable bonds is 13. The average molecular weight is 534 g/mol. The lowest BCUT2D eigenvalue weighted by atomic mass is 9.78. The van der Waals surface area contributed by atoms with Crippen LogP contribution in [0.4, 0.5) is 0 Å². The number of hydroxylamine groups is 1. The Bertz CT molecular complexity index is 1090. The molecule has 9 nitrogen and oxygen atoms in total. The molecule has 0 spiro atoms. The monoisotopic (exact) mass is 533 g/mol. The van der Waals surface area contributed by atoms with Crippen LogP contribution in [0.3, 0.4) is 0 Å². The van der Waals surface area contributed by atoms with E-state index in [1.807, 2.05) is 20.8 Å². The van der Waals surface area contributed by atoms with E-state index in [4.69, 9.17) is 9.47 Å². The zero-order valence-electron chi connectivity index (χ0n) is 21.9. The number of nitrogens with zero attached hydrogens (tertiary/aromatic N) is 2. The van der Waals surface area contributed by atoms with Gasteiger partial charge in [-0.25, -0.2) is 13.9 Å². The van der Waals surface area contributed by atoms with Crippen molar-refractivity contribution >= 4 is 15.9 Å². The standard InChI is InChI=1S/C27H39N3O6S/c1-4-18-36-27(14-6-5-7-15-27)25(26(31)29-32)30(19-22-12-16-28-17-13-22)37(33,34)24-10-8-23(9-11-24)35-20-21(2)3/h8-13,16-17,21,25,32H,4-7,14-15,18-20H2,1-3H3,(H,29,31). The molecule has 1 aliphatic rings. The molecule has 0 saturated heterocycles. The summed E-state index contributed by atoms with van der Waals surface area (Å²) in [5, 5.41) is 9.76. The van der Waals surface area contributed by atoms with Crippen molar-refractivity contribution in [2.45, 2.75) is 82.4 Å². The van der Waals surface area contributed by atoms with Gasteiger partial charge < -0.3 is 9.47 Å². The lowest BCUT2D eigenvalue weighted by molar-refractivity contribution is -0.155. The van der Waals surface area contributed by atoms with Gasteiger partial charge >= 0.3 is 0 Å². The van der Waals surface area contributed by atoms with E-state index in [0.717, 1.165) is 19.3 Å². The van der Waals surface area contributed by atoms with Gasteiger partial charge in [0.1, 0.15) is 11.8 Å². The van der Waals surface area contributed by atoms with Crippen LogP contribution < -0.4 is 10.2 Å². The predicted molar refractivity (Wildman–Crippen MR) is 140 cm³/mol. The van der Waals surface area contributed by atoms with Crippen molar-refractivity contribution in [3.05, 3.63) is 54.4 Å². The molecule has 1 aromatic carbocycles. The Morgan fingerprint density at radius 2 is 1.76 bits per heavy atom. The number of amides is 1. The van der Waals surface area contributed by atoms with Crippen molar-refractivity contribution in [3.8, 4) is 5.75 Å². The Labute approximate surface area is 220 Å². The topological polar surface area (TPSA) is 118 Å². The van der Waals surface area contributed by atoms with Gasteiger partial charge in [-0.3, -0.25) is 15.0 Å². The van der Waals surface area contributed by atoms with Crippen LogP contribution in [0, 0.1) is 5.92 Å². The van der Waals surface area contributed by atoms with Gasteiger partial charge in [-0.05, 0) is 67.1 Å². The molecule has 2 aromatic rings. The second-order valence-corrected chi connectivity index (χ2v) is 11.8. The number of aromatic nitrogens is 1. The van der Waals surface area contributed by atoms with Gasteiger partial charge in [-0.1, -0.05) is 40.0 Å². The number of sulfonamides is 1. The lowest BCUT2D eigenvalue weighted by Gasteiger charge is -2.46. The second kappa shape index (κ2) is 13.3. The third kappa shape index (κ3) is 7.28. The number of carbonyl (C=O) groups excluding carboxylic acids is 1. The van der Waals surface area contributed by atoms with Gasteiger partial charge in [0.05, 0.1) is 17.1 Å². The molecule has 1 unspecified atom stereocenters. The van der Waals surface area contributed by atoms with Crippen LogP contribution in [0.2, 0.25) is 0 Å². The van der Waals surface area contributed by atoms with Crippen LogP contribution in [0.1, 0.15) is 64.9 Å². The molecule has 204 valence electrons. The second-order valence-electron chi connectivity index (χ2n) is 9.93. The molecule has 2 N–H and O–H groups in total. The van der Waals surface area contributed by atoms with Gasteiger partial charge in [0.2, 0.25) is 10.0 Å². The highest BCUT2D eigenvalue weighted by molar-refractivity contribution is 7.89. The van der Waals surface area contributed by atoms with Crippen molar-refractivity contribution in [1.29, 1.82) is 0 Å². The molecular weight excluding hydrogens is 494 g/mol. The van der Waals surface area contributed by atoms with Crippen molar-refractivity contribution < 1.29 is 27.9 Å². The summed E-state index contributed by atoms with van der Waals surface area (Å²) in [6, 6.07) is 8.34. The molecule has 1 heterocycles. The Hall–Kier alpha value is -2.53. The molecule has 10 heteroatoms. The maximum Gasteiger partial charge on any atom is 0.264 e. The molecule has 1 atom stereocenters. The highest BCUT2D eigenvalue weighted by atomic mass is 32.2. The number of hydrogen-bond acceptors (Lipinski definition) is 7. The molecule has 0 bridgehead atoms. The third-order valence-corrected chi connectivity index (χ3v) is 8.37. The van der Waals surface area contributed by atoms with Crippen molar-refractivity contribution in [2.24, 2.45) is 5.92 Å². The van der Waals surface area contributed by atoms with E-state index < -0.39 is 27.6 Å². The minimum Gasteiger partial charge on any atom is -0.493 e. The summed E-state index contributed by atoms with van der Waals surface area (Å²) < 4.78 is 41.6. The molecule has 1 aromatic heterocycles. The van der Waals surface area contributed by atoms with Gasteiger partial charge in [-0.15, -0.1) is 0 Å². The summed E-state index contributed by atoms with van der Waals surface area (Å²) >= 11 is 0. The summed E-state index contributed by atoms with van der Waals surface area (Å²) in [6.07, 6.45) is 7.45. The Morgan fingerprint density at radius 3 is 2.32 bits per heavy atom. The molecule has 0 aliphatic heterocycles. The zero-order chi connectivity index (χ0) is 26.9. The normalized spacial score (nSPS) is 16.5. The number of hydrogen-bond donors (Lipinski definition) is 2. The fraction of sp³-hybridized carbons (Fsp3) is 0.556. The SMILES string of the molecule is CCCOC1(C(C(=O)NO)N(Cc2ccncc2)S(=O)(=O)c2ccc(OCC(C)C)cc2)CCCCC1. The van der Waals surface area contributed by atoms with Gasteiger partial charge in [0.15, 0.2) is 0 Å². The molecule has 1 saturated carbocycles. The third-order valence-electron chi connectivity index (χ3n) is 6.54. The molecule has 3 rings (SSSR count). The largest absolute Gasteiger partial charge is 0.493 e. The Balaban J connectivity index is 2.09. The molecule has 0 radical (unpaired) electrons. The number of carbonyl (C=O) groups is 1.